The third-order valence-electron chi connectivity index (χ3n) is 5.20. The van der Waals surface area contributed by atoms with E-state index in [1.807, 2.05) is 30.5 Å². The molecule has 0 amide bonds. The second-order valence-electron chi connectivity index (χ2n) is 7.77. The number of rotatable bonds is 11. The first-order valence-corrected chi connectivity index (χ1v) is 11.0. The van der Waals surface area contributed by atoms with Crippen molar-refractivity contribution in [2.24, 2.45) is 0 Å². The molecule has 0 spiro atoms. The molecule has 2 aromatic carbocycles. The summed E-state index contributed by atoms with van der Waals surface area (Å²) in [5.74, 6) is 1.01. The van der Waals surface area contributed by atoms with Crippen molar-refractivity contribution in [3.63, 3.8) is 0 Å². The van der Waals surface area contributed by atoms with Crippen LogP contribution >= 0.6 is 0 Å². The van der Waals surface area contributed by atoms with Crippen molar-refractivity contribution in [3.8, 4) is 16.9 Å². The molecule has 0 aliphatic carbocycles. The number of aromatic nitrogens is 2. The summed E-state index contributed by atoms with van der Waals surface area (Å²) in [4.78, 5) is 9.14. The van der Waals surface area contributed by atoms with Gasteiger partial charge in [0, 0.05) is 18.2 Å². The summed E-state index contributed by atoms with van der Waals surface area (Å²) in [5.41, 5.74) is 3.07. The van der Waals surface area contributed by atoms with E-state index in [4.69, 9.17) is 4.74 Å². The van der Waals surface area contributed by atoms with E-state index in [0.29, 0.717) is 6.10 Å². The third-order valence-corrected chi connectivity index (χ3v) is 5.20. The van der Waals surface area contributed by atoms with Gasteiger partial charge in [-0.15, -0.1) is 0 Å². The molecule has 1 N–H and O–H groups in total. The smallest absolute Gasteiger partial charge is 0.152 e. The highest BCUT2D eigenvalue weighted by atomic mass is 16.5. The zero-order valence-corrected chi connectivity index (χ0v) is 18.1. The average molecular weight is 405 g/mol. The lowest BCUT2D eigenvalue weighted by atomic mass is 10.0. The van der Waals surface area contributed by atoms with E-state index in [9.17, 15) is 5.11 Å². The highest BCUT2D eigenvalue weighted by Gasteiger charge is 2.03. The maximum absolute atomic E-state index is 9.46. The summed E-state index contributed by atoms with van der Waals surface area (Å²) < 4.78 is 5.84. The van der Waals surface area contributed by atoms with Crippen molar-refractivity contribution in [2.75, 3.05) is 6.61 Å². The summed E-state index contributed by atoms with van der Waals surface area (Å²) in [6, 6.07) is 13.4. The SMILES string of the molecule is CCCCCOC(C)CCC/C=C/c1ncc2cc(-c3ccc(O)cc3)ccc2n1. The Morgan fingerprint density at radius 3 is 2.63 bits per heavy atom. The highest BCUT2D eigenvalue weighted by Crippen LogP contribution is 2.25. The highest BCUT2D eigenvalue weighted by molar-refractivity contribution is 5.84. The van der Waals surface area contributed by atoms with Crippen LogP contribution < -0.4 is 0 Å². The summed E-state index contributed by atoms with van der Waals surface area (Å²) in [7, 11) is 0. The van der Waals surface area contributed by atoms with Crippen LogP contribution in [0, 0.1) is 0 Å². The molecule has 0 radical (unpaired) electrons. The van der Waals surface area contributed by atoms with Crippen molar-refractivity contribution in [1.82, 2.24) is 9.97 Å². The minimum absolute atomic E-state index is 0.272. The number of ether oxygens (including phenoxy) is 1. The van der Waals surface area contributed by atoms with Crippen LogP contribution in [-0.2, 0) is 4.74 Å². The summed E-state index contributed by atoms with van der Waals surface area (Å²) in [6.45, 7) is 5.25. The van der Waals surface area contributed by atoms with Gasteiger partial charge in [-0.05, 0) is 74.1 Å². The van der Waals surface area contributed by atoms with Crippen LogP contribution in [0.2, 0.25) is 0 Å². The van der Waals surface area contributed by atoms with Gasteiger partial charge >= 0.3 is 0 Å². The number of nitrogens with zero attached hydrogens (tertiary/aromatic N) is 2. The van der Waals surface area contributed by atoms with E-state index in [0.717, 1.165) is 60.1 Å². The maximum Gasteiger partial charge on any atom is 0.152 e. The Hall–Kier alpha value is -2.72. The van der Waals surface area contributed by atoms with Crippen LogP contribution in [0.15, 0.2) is 54.7 Å². The molecule has 3 rings (SSSR count). The van der Waals surface area contributed by atoms with Crippen LogP contribution in [0.4, 0.5) is 0 Å². The molecule has 1 atom stereocenters. The molecule has 1 unspecified atom stereocenters. The number of allylic oxidation sites excluding steroid dienone is 1. The molecular formula is C26H32N2O2. The quantitative estimate of drug-likeness (QED) is 0.358. The first-order chi connectivity index (χ1) is 14.7. The minimum atomic E-state index is 0.272. The van der Waals surface area contributed by atoms with Crippen molar-refractivity contribution in [1.29, 1.82) is 0 Å². The molecule has 0 aliphatic rings. The van der Waals surface area contributed by atoms with Gasteiger partial charge < -0.3 is 9.84 Å². The first-order valence-electron chi connectivity index (χ1n) is 11.0. The van der Waals surface area contributed by atoms with Crippen LogP contribution in [0.5, 0.6) is 5.75 Å². The predicted octanol–water partition coefficient (Wildman–Crippen LogP) is 6.78. The average Bonchev–Trinajstić information content (AvgIpc) is 2.76. The Kier molecular flexibility index (Phi) is 8.40. The van der Waals surface area contributed by atoms with Gasteiger partial charge in [0.25, 0.3) is 0 Å². The summed E-state index contributed by atoms with van der Waals surface area (Å²) >= 11 is 0. The fourth-order valence-corrected chi connectivity index (χ4v) is 3.39. The molecule has 0 aliphatic heterocycles. The zero-order chi connectivity index (χ0) is 21.2. The predicted molar refractivity (Wildman–Crippen MR) is 124 cm³/mol. The molecule has 0 fully saturated rings. The molecule has 158 valence electrons. The van der Waals surface area contributed by atoms with Gasteiger partial charge in [-0.2, -0.15) is 0 Å². The second kappa shape index (κ2) is 11.5. The molecule has 30 heavy (non-hydrogen) atoms. The molecule has 4 nitrogen and oxygen atoms in total. The van der Waals surface area contributed by atoms with E-state index in [1.165, 1.54) is 12.8 Å². The monoisotopic (exact) mass is 404 g/mol. The van der Waals surface area contributed by atoms with Crippen LogP contribution in [0.25, 0.3) is 28.1 Å². The number of phenolic OH excluding ortho intramolecular Hbond substituents is 1. The van der Waals surface area contributed by atoms with Crippen molar-refractivity contribution in [3.05, 3.63) is 60.6 Å². The lowest BCUT2D eigenvalue weighted by Crippen LogP contribution is -2.08. The Labute approximate surface area is 179 Å². The second-order valence-corrected chi connectivity index (χ2v) is 7.77. The molecule has 1 heterocycles. The van der Waals surface area contributed by atoms with Crippen LogP contribution in [0.1, 0.15) is 58.2 Å². The van der Waals surface area contributed by atoms with Gasteiger partial charge in [-0.3, -0.25) is 0 Å². The van der Waals surface area contributed by atoms with Gasteiger partial charge in [0.05, 0.1) is 11.6 Å². The summed E-state index contributed by atoms with van der Waals surface area (Å²) in [5, 5.41) is 10.5. The topological polar surface area (TPSA) is 55.2 Å². The van der Waals surface area contributed by atoms with Crippen molar-refractivity contribution in [2.45, 2.75) is 58.5 Å². The van der Waals surface area contributed by atoms with Crippen molar-refractivity contribution >= 4 is 17.0 Å². The van der Waals surface area contributed by atoms with Gasteiger partial charge in [0.1, 0.15) is 5.75 Å². The molecule has 0 bridgehead atoms. The van der Waals surface area contributed by atoms with Crippen LogP contribution in [0.3, 0.4) is 0 Å². The van der Waals surface area contributed by atoms with Gasteiger partial charge in [0.15, 0.2) is 5.82 Å². The summed E-state index contributed by atoms with van der Waals surface area (Å²) in [6.07, 6.45) is 13.2. The number of hydrogen-bond donors (Lipinski definition) is 1. The lowest BCUT2D eigenvalue weighted by molar-refractivity contribution is 0.0566. The molecule has 0 saturated carbocycles. The third kappa shape index (κ3) is 6.67. The number of fused-ring (bicyclic) bond motifs is 1. The Balaban J connectivity index is 1.50. The molecular weight excluding hydrogens is 372 g/mol. The van der Waals surface area contributed by atoms with E-state index in [1.54, 1.807) is 12.1 Å². The standard InChI is InChI=1S/C26H32N2O2/c1-3-4-8-17-30-20(2)9-6-5-7-10-26-27-19-23-18-22(13-16-25(23)28-26)21-11-14-24(29)15-12-21/h7,10-16,18-20,29H,3-6,8-9,17H2,1-2H3/b10-7+. The van der Waals surface area contributed by atoms with Gasteiger partial charge in [0.2, 0.25) is 0 Å². The zero-order valence-electron chi connectivity index (χ0n) is 18.1. The lowest BCUT2D eigenvalue weighted by Gasteiger charge is -2.11. The van der Waals surface area contributed by atoms with Gasteiger partial charge in [-0.25, -0.2) is 9.97 Å². The molecule has 0 saturated heterocycles. The number of aromatic hydroxyl groups is 1. The normalized spacial score (nSPS) is 12.6. The van der Waals surface area contributed by atoms with Gasteiger partial charge in [-0.1, -0.05) is 44.0 Å². The van der Waals surface area contributed by atoms with E-state index in [-0.39, 0.29) is 5.75 Å². The Bertz CT molecular complexity index is 951. The Morgan fingerprint density at radius 1 is 1.03 bits per heavy atom. The Morgan fingerprint density at radius 2 is 1.83 bits per heavy atom. The fourth-order valence-electron chi connectivity index (χ4n) is 3.39. The molecule has 1 aromatic heterocycles. The van der Waals surface area contributed by atoms with E-state index >= 15 is 0 Å². The molecule has 3 aromatic rings. The fraction of sp³-hybridized carbons (Fsp3) is 0.385. The number of benzene rings is 2. The number of unbranched alkanes of at least 4 members (excludes halogenated alkanes) is 3. The number of hydrogen-bond acceptors (Lipinski definition) is 4. The first kappa shape index (κ1) is 22.0. The minimum Gasteiger partial charge on any atom is -0.508 e. The van der Waals surface area contributed by atoms with Crippen molar-refractivity contribution < 1.29 is 9.84 Å². The largest absolute Gasteiger partial charge is 0.508 e. The molecule has 4 heteroatoms. The van der Waals surface area contributed by atoms with Crippen LogP contribution in [-0.4, -0.2) is 27.8 Å². The van der Waals surface area contributed by atoms with E-state index < -0.39 is 0 Å². The van der Waals surface area contributed by atoms with E-state index in [2.05, 4.69) is 42.0 Å². The maximum atomic E-state index is 9.46. The number of phenols is 1.